The molecule has 1 aromatic rings. The number of carbonyl (C=O) groups excluding carboxylic acids is 1. The van der Waals surface area contributed by atoms with E-state index in [1.54, 1.807) is 27.7 Å². The molecule has 0 radical (unpaired) electrons. The summed E-state index contributed by atoms with van der Waals surface area (Å²) in [6.07, 6.45) is 0.266. The highest BCUT2D eigenvalue weighted by atomic mass is 16.5. The van der Waals surface area contributed by atoms with Crippen LogP contribution in [0.4, 0.5) is 16.3 Å². The molecule has 0 aliphatic heterocycles. The molecule has 23 heavy (non-hydrogen) atoms. The molecule has 0 saturated heterocycles. The molecule has 0 fully saturated rings. The SMILES string of the molecule is CCOc1cnc(NC(=O)COC)cc1N(C(=O)O)C(C)(C)C. The standard InChI is InChI=1S/C15H23N3O5/c1-6-23-11-8-16-12(17-13(19)9-22-5)7-10(11)18(14(20)21)15(2,3)4/h7-8H,6,9H2,1-5H3,(H,20,21)(H,16,17,19). The van der Waals surface area contributed by atoms with E-state index in [4.69, 9.17) is 9.47 Å². The van der Waals surface area contributed by atoms with Crippen molar-refractivity contribution in [2.45, 2.75) is 33.2 Å². The minimum atomic E-state index is -1.13. The lowest BCUT2D eigenvalue weighted by Crippen LogP contribution is -2.45. The molecule has 0 aromatic carbocycles. The zero-order valence-electron chi connectivity index (χ0n) is 14.0. The van der Waals surface area contributed by atoms with Crippen LogP contribution >= 0.6 is 0 Å². The van der Waals surface area contributed by atoms with E-state index in [2.05, 4.69) is 10.3 Å². The molecule has 8 heteroatoms. The Labute approximate surface area is 135 Å². The molecular weight excluding hydrogens is 302 g/mol. The topological polar surface area (TPSA) is 101 Å². The van der Waals surface area contributed by atoms with Gasteiger partial charge in [-0.05, 0) is 27.7 Å². The van der Waals surface area contributed by atoms with Gasteiger partial charge in [-0.15, -0.1) is 0 Å². The maximum atomic E-state index is 11.7. The van der Waals surface area contributed by atoms with E-state index >= 15 is 0 Å². The average Bonchev–Trinajstić information content (AvgIpc) is 2.40. The summed E-state index contributed by atoms with van der Waals surface area (Å²) in [5.74, 6) is 0.170. The number of carbonyl (C=O) groups is 2. The van der Waals surface area contributed by atoms with Gasteiger partial charge >= 0.3 is 6.09 Å². The van der Waals surface area contributed by atoms with Gasteiger partial charge < -0.3 is 19.9 Å². The van der Waals surface area contributed by atoms with E-state index in [1.807, 2.05) is 0 Å². The van der Waals surface area contributed by atoms with Gasteiger partial charge in [0.2, 0.25) is 0 Å². The third-order valence-electron chi connectivity index (χ3n) is 2.79. The fourth-order valence-corrected chi connectivity index (χ4v) is 2.00. The van der Waals surface area contributed by atoms with Gasteiger partial charge in [0.15, 0.2) is 5.75 Å². The molecule has 0 spiro atoms. The number of pyridine rings is 1. The molecule has 1 heterocycles. The number of nitrogens with zero attached hydrogens (tertiary/aromatic N) is 2. The lowest BCUT2D eigenvalue weighted by Gasteiger charge is -2.34. The van der Waals surface area contributed by atoms with Crippen LogP contribution in [-0.2, 0) is 9.53 Å². The predicted molar refractivity (Wildman–Crippen MR) is 86.2 cm³/mol. The number of methoxy groups -OCH3 is 1. The molecule has 0 aliphatic carbocycles. The molecule has 0 atom stereocenters. The van der Waals surface area contributed by atoms with E-state index in [9.17, 15) is 14.7 Å². The Balaban J connectivity index is 3.29. The van der Waals surface area contributed by atoms with Gasteiger partial charge in [0, 0.05) is 18.7 Å². The van der Waals surface area contributed by atoms with Crippen molar-refractivity contribution in [1.82, 2.24) is 4.98 Å². The zero-order valence-corrected chi connectivity index (χ0v) is 14.0. The predicted octanol–water partition coefficient (Wildman–Crippen LogP) is 2.35. The summed E-state index contributed by atoms with van der Waals surface area (Å²) in [5, 5.41) is 12.1. The van der Waals surface area contributed by atoms with Gasteiger partial charge in [0.1, 0.15) is 12.4 Å². The Morgan fingerprint density at radius 2 is 2.04 bits per heavy atom. The molecule has 128 valence electrons. The Kier molecular flexibility index (Phi) is 6.32. The van der Waals surface area contributed by atoms with Crippen LogP contribution in [0.2, 0.25) is 0 Å². The number of amides is 2. The maximum absolute atomic E-state index is 11.7. The van der Waals surface area contributed by atoms with E-state index in [1.165, 1.54) is 24.3 Å². The average molecular weight is 325 g/mol. The quantitative estimate of drug-likeness (QED) is 0.832. The number of hydrogen-bond acceptors (Lipinski definition) is 5. The number of ether oxygens (including phenoxy) is 2. The maximum Gasteiger partial charge on any atom is 0.412 e. The van der Waals surface area contributed by atoms with Crippen LogP contribution in [-0.4, -0.2) is 48.0 Å². The van der Waals surface area contributed by atoms with E-state index in [-0.39, 0.29) is 18.3 Å². The second-order valence-electron chi connectivity index (χ2n) is 5.74. The summed E-state index contributed by atoms with van der Waals surface area (Å²) in [4.78, 5) is 28.5. The third-order valence-corrected chi connectivity index (χ3v) is 2.79. The summed E-state index contributed by atoms with van der Waals surface area (Å²) in [5.41, 5.74) is -0.387. The fourth-order valence-electron chi connectivity index (χ4n) is 2.00. The van der Waals surface area contributed by atoms with Crippen molar-refractivity contribution in [3.05, 3.63) is 12.3 Å². The molecule has 0 bridgehead atoms. The number of rotatable bonds is 6. The van der Waals surface area contributed by atoms with Crippen LogP contribution < -0.4 is 15.0 Å². The first kappa shape index (κ1) is 18.7. The van der Waals surface area contributed by atoms with Crippen LogP contribution in [0.25, 0.3) is 0 Å². The van der Waals surface area contributed by atoms with Gasteiger partial charge in [-0.25, -0.2) is 9.78 Å². The van der Waals surface area contributed by atoms with Gasteiger partial charge in [-0.2, -0.15) is 0 Å². The van der Waals surface area contributed by atoms with Gasteiger partial charge in [-0.1, -0.05) is 0 Å². The molecule has 1 rings (SSSR count). The third kappa shape index (κ3) is 5.10. The Morgan fingerprint density at radius 1 is 1.39 bits per heavy atom. The van der Waals surface area contributed by atoms with Crippen molar-refractivity contribution in [3.63, 3.8) is 0 Å². The summed E-state index contributed by atoms with van der Waals surface area (Å²) in [6, 6.07) is 1.47. The molecule has 0 aliphatic rings. The van der Waals surface area contributed by atoms with Crippen molar-refractivity contribution in [1.29, 1.82) is 0 Å². The molecule has 0 saturated carbocycles. The minimum absolute atomic E-state index is 0.119. The normalized spacial score (nSPS) is 11.0. The van der Waals surface area contributed by atoms with Crippen LogP contribution in [0.15, 0.2) is 12.3 Å². The lowest BCUT2D eigenvalue weighted by molar-refractivity contribution is -0.119. The number of carboxylic acid groups (broad SMARTS) is 1. The number of aromatic nitrogens is 1. The van der Waals surface area contributed by atoms with Crippen molar-refractivity contribution >= 4 is 23.5 Å². The monoisotopic (exact) mass is 325 g/mol. The zero-order chi connectivity index (χ0) is 17.6. The molecule has 0 unspecified atom stereocenters. The van der Waals surface area contributed by atoms with Crippen molar-refractivity contribution in [3.8, 4) is 5.75 Å². The summed E-state index contributed by atoms with van der Waals surface area (Å²) in [6.45, 7) is 7.33. The van der Waals surface area contributed by atoms with Crippen LogP contribution in [0.5, 0.6) is 5.75 Å². The van der Waals surface area contributed by atoms with Crippen LogP contribution in [0.1, 0.15) is 27.7 Å². The number of anilines is 2. The van der Waals surface area contributed by atoms with Crippen LogP contribution in [0.3, 0.4) is 0 Å². The van der Waals surface area contributed by atoms with Gasteiger partial charge in [0.25, 0.3) is 5.91 Å². The fraction of sp³-hybridized carbons (Fsp3) is 0.533. The number of hydrogen-bond donors (Lipinski definition) is 2. The molecule has 2 N–H and O–H groups in total. The largest absolute Gasteiger partial charge is 0.490 e. The highest BCUT2D eigenvalue weighted by Crippen LogP contribution is 2.34. The highest BCUT2D eigenvalue weighted by molar-refractivity contribution is 5.94. The first-order chi connectivity index (χ1) is 10.7. The van der Waals surface area contributed by atoms with E-state index < -0.39 is 11.6 Å². The second-order valence-corrected chi connectivity index (χ2v) is 5.74. The molecule has 8 nitrogen and oxygen atoms in total. The summed E-state index contributed by atoms with van der Waals surface area (Å²) >= 11 is 0. The van der Waals surface area contributed by atoms with Gasteiger partial charge in [0.05, 0.1) is 18.5 Å². The highest BCUT2D eigenvalue weighted by Gasteiger charge is 2.31. The molecule has 1 aromatic heterocycles. The summed E-state index contributed by atoms with van der Waals surface area (Å²) < 4.78 is 10.2. The molecule has 2 amide bonds. The van der Waals surface area contributed by atoms with Crippen molar-refractivity contribution in [2.75, 3.05) is 30.5 Å². The van der Waals surface area contributed by atoms with Crippen molar-refractivity contribution in [2.24, 2.45) is 0 Å². The van der Waals surface area contributed by atoms with E-state index in [0.717, 1.165) is 0 Å². The Morgan fingerprint density at radius 3 is 2.52 bits per heavy atom. The first-order valence-corrected chi connectivity index (χ1v) is 7.15. The first-order valence-electron chi connectivity index (χ1n) is 7.15. The van der Waals surface area contributed by atoms with E-state index in [0.29, 0.717) is 18.0 Å². The lowest BCUT2D eigenvalue weighted by atomic mass is 10.1. The summed E-state index contributed by atoms with van der Waals surface area (Å²) in [7, 11) is 1.41. The Bertz CT molecular complexity index is 569. The smallest absolute Gasteiger partial charge is 0.412 e. The van der Waals surface area contributed by atoms with Crippen molar-refractivity contribution < 1.29 is 24.2 Å². The minimum Gasteiger partial charge on any atom is -0.490 e. The van der Waals surface area contributed by atoms with Gasteiger partial charge in [-0.3, -0.25) is 9.69 Å². The second kappa shape index (κ2) is 7.77. The number of nitrogens with one attached hydrogen (secondary N) is 1. The Hall–Kier alpha value is -2.35. The van der Waals surface area contributed by atoms with Crippen LogP contribution in [0, 0.1) is 0 Å². The molecular formula is C15H23N3O5.